The van der Waals surface area contributed by atoms with Crippen molar-refractivity contribution in [1.29, 1.82) is 0 Å². The zero-order chi connectivity index (χ0) is 21.4. The standard InChI is InChI=1S/C19H21F3N4O3S/c20-19(21,22)14-3-6-18(24-11-14)29-15-7-10-25(13-15)17-5-4-16(12-23-17)30(27,28)26-8-1-2-9-26/h3-6,11-12,15H,1-2,7-10,13H2. The van der Waals surface area contributed by atoms with Gasteiger partial charge in [0, 0.05) is 44.5 Å². The Morgan fingerprint density at radius 2 is 1.77 bits per heavy atom. The summed E-state index contributed by atoms with van der Waals surface area (Å²) < 4.78 is 70.2. The lowest BCUT2D eigenvalue weighted by Crippen LogP contribution is -2.28. The van der Waals surface area contributed by atoms with Crippen LogP contribution in [0.3, 0.4) is 0 Å². The van der Waals surface area contributed by atoms with Crippen LogP contribution in [0.1, 0.15) is 24.8 Å². The number of alkyl halides is 3. The highest BCUT2D eigenvalue weighted by Gasteiger charge is 2.32. The molecule has 0 radical (unpaired) electrons. The van der Waals surface area contributed by atoms with E-state index in [-0.39, 0.29) is 16.9 Å². The molecular weight excluding hydrogens is 421 g/mol. The van der Waals surface area contributed by atoms with Gasteiger partial charge in [0.05, 0.1) is 12.1 Å². The van der Waals surface area contributed by atoms with Crippen LogP contribution in [0.25, 0.3) is 0 Å². The molecule has 0 spiro atoms. The van der Waals surface area contributed by atoms with E-state index < -0.39 is 21.8 Å². The first-order chi connectivity index (χ1) is 14.2. The number of aromatic nitrogens is 2. The van der Waals surface area contributed by atoms with Crippen molar-refractivity contribution in [3.8, 4) is 5.88 Å². The maximum atomic E-state index is 12.6. The fourth-order valence-electron chi connectivity index (χ4n) is 3.61. The van der Waals surface area contributed by atoms with Crippen LogP contribution in [0.15, 0.2) is 41.6 Å². The minimum atomic E-state index is -4.43. The van der Waals surface area contributed by atoms with Crippen molar-refractivity contribution in [2.75, 3.05) is 31.1 Å². The largest absolute Gasteiger partial charge is 0.472 e. The van der Waals surface area contributed by atoms with E-state index in [1.165, 1.54) is 16.6 Å². The lowest BCUT2D eigenvalue weighted by Gasteiger charge is -2.19. The van der Waals surface area contributed by atoms with Gasteiger partial charge in [0.15, 0.2) is 0 Å². The van der Waals surface area contributed by atoms with Gasteiger partial charge in [0.2, 0.25) is 15.9 Å². The first-order valence-electron chi connectivity index (χ1n) is 9.64. The molecular formula is C19H21F3N4O3S. The summed E-state index contributed by atoms with van der Waals surface area (Å²) in [7, 11) is -3.51. The summed E-state index contributed by atoms with van der Waals surface area (Å²) in [4.78, 5) is 10.2. The number of ether oxygens (including phenoxy) is 1. The Labute approximate surface area is 172 Å². The third-order valence-electron chi connectivity index (χ3n) is 5.24. The predicted molar refractivity (Wildman–Crippen MR) is 103 cm³/mol. The van der Waals surface area contributed by atoms with Gasteiger partial charge in [0.25, 0.3) is 0 Å². The fraction of sp³-hybridized carbons (Fsp3) is 0.474. The van der Waals surface area contributed by atoms with E-state index in [0.717, 1.165) is 25.1 Å². The Balaban J connectivity index is 1.37. The molecule has 162 valence electrons. The van der Waals surface area contributed by atoms with Crippen molar-refractivity contribution in [1.82, 2.24) is 14.3 Å². The molecule has 11 heteroatoms. The third-order valence-corrected chi connectivity index (χ3v) is 7.13. The van der Waals surface area contributed by atoms with Crippen LogP contribution >= 0.6 is 0 Å². The zero-order valence-electron chi connectivity index (χ0n) is 16.0. The summed E-state index contributed by atoms with van der Waals surface area (Å²) >= 11 is 0. The number of sulfonamides is 1. The molecule has 2 aromatic rings. The van der Waals surface area contributed by atoms with Crippen molar-refractivity contribution >= 4 is 15.8 Å². The normalized spacial score (nSPS) is 20.6. The second-order valence-electron chi connectivity index (χ2n) is 7.32. The van der Waals surface area contributed by atoms with E-state index in [0.29, 0.717) is 38.4 Å². The van der Waals surface area contributed by atoms with Crippen LogP contribution in [0.4, 0.5) is 19.0 Å². The number of hydrogen-bond donors (Lipinski definition) is 0. The number of rotatable bonds is 5. The molecule has 4 rings (SSSR count). The van der Waals surface area contributed by atoms with Crippen LogP contribution in [0.5, 0.6) is 5.88 Å². The number of anilines is 1. The van der Waals surface area contributed by atoms with Gasteiger partial charge in [0.1, 0.15) is 16.8 Å². The lowest BCUT2D eigenvalue weighted by molar-refractivity contribution is -0.137. The van der Waals surface area contributed by atoms with Crippen molar-refractivity contribution in [2.45, 2.75) is 36.4 Å². The summed E-state index contributed by atoms with van der Waals surface area (Å²) in [6.45, 7) is 2.19. The molecule has 0 bridgehead atoms. The second kappa shape index (κ2) is 8.03. The van der Waals surface area contributed by atoms with Crippen LogP contribution in [0, 0.1) is 0 Å². The predicted octanol–water partition coefficient (Wildman–Crippen LogP) is 2.94. The highest BCUT2D eigenvalue weighted by atomic mass is 32.2. The monoisotopic (exact) mass is 442 g/mol. The quantitative estimate of drug-likeness (QED) is 0.709. The fourth-order valence-corrected chi connectivity index (χ4v) is 5.07. The topological polar surface area (TPSA) is 75.6 Å². The molecule has 1 atom stereocenters. The van der Waals surface area contributed by atoms with Gasteiger partial charge in [-0.3, -0.25) is 0 Å². The Kier molecular flexibility index (Phi) is 5.58. The number of nitrogens with zero attached hydrogens (tertiary/aromatic N) is 4. The molecule has 2 aromatic heterocycles. The van der Waals surface area contributed by atoms with Gasteiger partial charge < -0.3 is 9.64 Å². The van der Waals surface area contributed by atoms with Crippen molar-refractivity contribution in [2.24, 2.45) is 0 Å². The van der Waals surface area contributed by atoms with E-state index in [1.807, 2.05) is 4.90 Å². The Hall–Kier alpha value is -2.40. The maximum absolute atomic E-state index is 12.6. The molecule has 0 aliphatic carbocycles. The third kappa shape index (κ3) is 4.36. The van der Waals surface area contributed by atoms with Gasteiger partial charge in [-0.05, 0) is 31.0 Å². The number of pyridine rings is 2. The zero-order valence-corrected chi connectivity index (χ0v) is 16.9. The first kappa shape index (κ1) is 20.9. The van der Waals surface area contributed by atoms with Gasteiger partial charge in [-0.1, -0.05) is 0 Å². The van der Waals surface area contributed by atoms with Crippen LogP contribution in [-0.4, -0.2) is 55.0 Å². The molecule has 0 aromatic carbocycles. The van der Waals surface area contributed by atoms with Gasteiger partial charge >= 0.3 is 6.18 Å². The van der Waals surface area contributed by atoms with Crippen LogP contribution in [0.2, 0.25) is 0 Å². The van der Waals surface area contributed by atoms with E-state index in [2.05, 4.69) is 9.97 Å². The van der Waals surface area contributed by atoms with E-state index in [1.54, 1.807) is 12.1 Å². The van der Waals surface area contributed by atoms with Crippen molar-refractivity contribution < 1.29 is 26.3 Å². The average molecular weight is 442 g/mol. The Morgan fingerprint density at radius 3 is 2.37 bits per heavy atom. The minimum Gasteiger partial charge on any atom is -0.472 e. The molecule has 0 amide bonds. The molecule has 1 unspecified atom stereocenters. The SMILES string of the molecule is O=S(=O)(c1ccc(N2CCC(Oc3ccc(C(F)(F)F)cn3)C2)nc1)N1CCCC1. The molecule has 2 saturated heterocycles. The van der Waals surface area contributed by atoms with E-state index in [4.69, 9.17) is 4.74 Å². The molecule has 2 fully saturated rings. The molecule has 0 N–H and O–H groups in total. The highest BCUT2D eigenvalue weighted by Crippen LogP contribution is 2.30. The summed E-state index contributed by atoms with van der Waals surface area (Å²) in [5.41, 5.74) is -0.823. The van der Waals surface area contributed by atoms with E-state index in [9.17, 15) is 21.6 Å². The molecule has 30 heavy (non-hydrogen) atoms. The minimum absolute atomic E-state index is 0.134. The molecule has 4 heterocycles. The molecule has 7 nitrogen and oxygen atoms in total. The summed E-state index contributed by atoms with van der Waals surface area (Å²) in [6.07, 6.45) is -0.170. The van der Waals surface area contributed by atoms with Crippen molar-refractivity contribution in [3.05, 3.63) is 42.2 Å². The van der Waals surface area contributed by atoms with Gasteiger partial charge in [-0.25, -0.2) is 18.4 Å². The number of halogens is 3. The molecule has 2 aliphatic heterocycles. The van der Waals surface area contributed by atoms with E-state index >= 15 is 0 Å². The van der Waals surface area contributed by atoms with Crippen LogP contribution < -0.4 is 9.64 Å². The summed E-state index contributed by atoms with van der Waals surface area (Å²) in [5.74, 6) is 0.761. The van der Waals surface area contributed by atoms with Gasteiger partial charge in [-0.15, -0.1) is 0 Å². The van der Waals surface area contributed by atoms with Gasteiger partial charge in [-0.2, -0.15) is 17.5 Å². The van der Waals surface area contributed by atoms with Crippen LogP contribution in [-0.2, 0) is 16.2 Å². The summed E-state index contributed by atoms with van der Waals surface area (Å²) in [6, 6.07) is 5.38. The summed E-state index contributed by atoms with van der Waals surface area (Å²) in [5, 5.41) is 0. The van der Waals surface area contributed by atoms with Crippen molar-refractivity contribution in [3.63, 3.8) is 0 Å². The Morgan fingerprint density at radius 1 is 1.00 bits per heavy atom. The maximum Gasteiger partial charge on any atom is 0.417 e. The Bertz CT molecular complexity index is 976. The number of hydrogen-bond acceptors (Lipinski definition) is 6. The average Bonchev–Trinajstić information content (AvgIpc) is 3.40. The highest BCUT2D eigenvalue weighted by molar-refractivity contribution is 7.89. The lowest BCUT2D eigenvalue weighted by atomic mass is 10.3. The second-order valence-corrected chi connectivity index (χ2v) is 9.26. The first-order valence-corrected chi connectivity index (χ1v) is 11.1. The smallest absolute Gasteiger partial charge is 0.417 e. The molecule has 2 aliphatic rings. The molecule has 0 saturated carbocycles.